The summed E-state index contributed by atoms with van der Waals surface area (Å²) < 4.78 is 5.31. The first kappa shape index (κ1) is 18.8. The van der Waals surface area contributed by atoms with E-state index in [4.69, 9.17) is 4.74 Å². The molecule has 1 unspecified atom stereocenters. The molecule has 146 valence electrons. The summed E-state index contributed by atoms with van der Waals surface area (Å²) >= 11 is 0. The molecule has 0 radical (unpaired) electrons. The van der Waals surface area contributed by atoms with Gasteiger partial charge in [-0.1, -0.05) is 48.5 Å². The molecule has 0 aliphatic carbocycles. The lowest BCUT2D eigenvalue weighted by Gasteiger charge is -2.20. The highest BCUT2D eigenvalue weighted by Gasteiger charge is 2.24. The van der Waals surface area contributed by atoms with Crippen LogP contribution in [-0.2, 0) is 6.61 Å². The van der Waals surface area contributed by atoms with Gasteiger partial charge in [0.05, 0.1) is 13.7 Å². The highest BCUT2D eigenvalue weighted by atomic mass is 16.5. The Labute approximate surface area is 169 Å². The molecule has 0 bridgehead atoms. The van der Waals surface area contributed by atoms with Crippen LogP contribution in [0.1, 0.15) is 27.5 Å². The molecule has 3 N–H and O–H groups in total. The molecule has 0 fully saturated rings. The molecule has 0 spiro atoms. The molecule has 29 heavy (non-hydrogen) atoms. The third-order valence-electron chi connectivity index (χ3n) is 4.99. The van der Waals surface area contributed by atoms with Crippen LogP contribution in [0, 0.1) is 0 Å². The molecular formula is C24H22N2O3. The predicted octanol–water partition coefficient (Wildman–Crippen LogP) is 4.70. The molecule has 0 saturated carbocycles. The van der Waals surface area contributed by atoms with Crippen molar-refractivity contribution in [3.8, 4) is 5.75 Å². The van der Waals surface area contributed by atoms with Gasteiger partial charge in [-0.05, 0) is 29.3 Å². The number of aliphatic hydroxyl groups is 1. The van der Waals surface area contributed by atoms with E-state index in [0.29, 0.717) is 11.3 Å². The van der Waals surface area contributed by atoms with Crippen molar-refractivity contribution in [1.82, 2.24) is 4.98 Å². The van der Waals surface area contributed by atoms with Gasteiger partial charge in [-0.2, -0.15) is 0 Å². The smallest absolute Gasteiger partial charge is 0.191 e. The summed E-state index contributed by atoms with van der Waals surface area (Å²) in [5, 5.41) is 13.6. The quantitative estimate of drug-likeness (QED) is 0.402. The van der Waals surface area contributed by atoms with Gasteiger partial charge in [-0.15, -0.1) is 0 Å². The molecule has 1 atom stereocenters. The van der Waals surface area contributed by atoms with Crippen molar-refractivity contribution < 1.29 is 14.6 Å². The minimum absolute atomic E-state index is 0.0370. The third kappa shape index (κ3) is 3.86. The number of para-hydroxylation sites is 1. The Kier molecular flexibility index (Phi) is 5.31. The van der Waals surface area contributed by atoms with E-state index in [2.05, 4.69) is 10.3 Å². The zero-order valence-electron chi connectivity index (χ0n) is 16.1. The number of hydrogen-bond donors (Lipinski definition) is 3. The average Bonchev–Trinajstić information content (AvgIpc) is 3.21. The van der Waals surface area contributed by atoms with Crippen LogP contribution in [0.25, 0.3) is 10.9 Å². The van der Waals surface area contributed by atoms with E-state index in [9.17, 15) is 9.90 Å². The second-order valence-corrected chi connectivity index (χ2v) is 6.82. The van der Waals surface area contributed by atoms with Crippen LogP contribution in [0.5, 0.6) is 5.75 Å². The van der Waals surface area contributed by atoms with Crippen LogP contribution >= 0.6 is 0 Å². The lowest BCUT2D eigenvalue weighted by atomic mass is 9.96. The number of hydrogen-bond acceptors (Lipinski definition) is 4. The fourth-order valence-electron chi connectivity index (χ4n) is 3.43. The number of fused-ring (bicyclic) bond motifs is 1. The molecule has 4 rings (SSSR count). The number of H-pyrrole nitrogens is 1. The maximum atomic E-state index is 13.6. The number of rotatable bonds is 7. The van der Waals surface area contributed by atoms with Crippen LogP contribution in [0.2, 0.25) is 0 Å². The summed E-state index contributed by atoms with van der Waals surface area (Å²) in [6.45, 7) is -0.0370. The molecule has 1 heterocycles. The Hall–Kier alpha value is -3.57. The van der Waals surface area contributed by atoms with E-state index in [0.717, 1.165) is 27.7 Å². The van der Waals surface area contributed by atoms with Crippen molar-refractivity contribution in [3.63, 3.8) is 0 Å². The van der Waals surface area contributed by atoms with Crippen molar-refractivity contribution in [3.05, 3.63) is 95.7 Å². The normalized spacial score (nSPS) is 11.9. The second kappa shape index (κ2) is 8.20. The van der Waals surface area contributed by atoms with Crippen molar-refractivity contribution in [2.75, 3.05) is 12.4 Å². The molecule has 5 nitrogen and oxygen atoms in total. The largest absolute Gasteiger partial charge is 0.497 e. The Morgan fingerprint density at radius 1 is 1.07 bits per heavy atom. The van der Waals surface area contributed by atoms with Crippen molar-refractivity contribution in [1.29, 1.82) is 0 Å². The van der Waals surface area contributed by atoms with Gasteiger partial charge in [0, 0.05) is 34.4 Å². The number of aliphatic hydroxyl groups excluding tert-OH is 1. The number of nitrogens with one attached hydrogen (secondary N) is 2. The molecule has 4 aromatic rings. The van der Waals surface area contributed by atoms with Gasteiger partial charge in [0.2, 0.25) is 0 Å². The maximum absolute atomic E-state index is 13.6. The Balaban J connectivity index is 1.75. The Morgan fingerprint density at radius 3 is 2.62 bits per heavy atom. The van der Waals surface area contributed by atoms with Gasteiger partial charge in [0.25, 0.3) is 0 Å². The number of methoxy groups -OCH3 is 1. The SMILES string of the molecule is COc1cccc(NC(C(=O)c2c[nH]c3ccccc23)c2ccc(CO)cc2)c1. The fourth-order valence-corrected chi connectivity index (χ4v) is 3.43. The number of ketones is 1. The number of ether oxygens (including phenoxy) is 1. The molecule has 0 aliphatic heterocycles. The maximum Gasteiger partial charge on any atom is 0.191 e. The summed E-state index contributed by atoms with van der Waals surface area (Å²) in [6, 6.07) is 22.1. The van der Waals surface area contributed by atoms with Crippen LogP contribution in [0.4, 0.5) is 5.69 Å². The Morgan fingerprint density at radius 2 is 1.86 bits per heavy atom. The topological polar surface area (TPSA) is 74.3 Å². The first-order valence-electron chi connectivity index (χ1n) is 9.40. The van der Waals surface area contributed by atoms with Gasteiger partial charge < -0.3 is 20.1 Å². The summed E-state index contributed by atoms with van der Waals surface area (Å²) in [6.07, 6.45) is 1.76. The highest BCUT2D eigenvalue weighted by molar-refractivity contribution is 6.11. The van der Waals surface area contributed by atoms with Gasteiger partial charge in [-0.3, -0.25) is 4.79 Å². The number of carbonyl (C=O) groups excluding carboxylic acids is 1. The molecule has 0 aliphatic rings. The van der Waals surface area contributed by atoms with Gasteiger partial charge in [0.1, 0.15) is 11.8 Å². The summed E-state index contributed by atoms with van der Waals surface area (Å²) in [5.41, 5.74) is 3.96. The van der Waals surface area contributed by atoms with E-state index >= 15 is 0 Å². The number of benzene rings is 3. The van der Waals surface area contributed by atoms with E-state index in [1.54, 1.807) is 13.3 Å². The zero-order chi connectivity index (χ0) is 20.2. The lowest BCUT2D eigenvalue weighted by Crippen LogP contribution is -2.21. The van der Waals surface area contributed by atoms with E-state index in [-0.39, 0.29) is 12.4 Å². The monoisotopic (exact) mass is 386 g/mol. The average molecular weight is 386 g/mol. The van der Waals surface area contributed by atoms with E-state index < -0.39 is 6.04 Å². The lowest BCUT2D eigenvalue weighted by molar-refractivity contribution is 0.0971. The van der Waals surface area contributed by atoms with Crippen LogP contribution in [0.3, 0.4) is 0 Å². The molecule has 0 amide bonds. The first-order valence-corrected chi connectivity index (χ1v) is 9.40. The van der Waals surface area contributed by atoms with Crippen LogP contribution < -0.4 is 10.1 Å². The minimum atomic E-state index is -0.589. The van der Waals surface area contributed by atoms with Gasteiger partial charge >= 0.3 is 0 Å². The number of aromatic amines is 1. The number of anilines is 1. The standard InChI is InChI=1S/C24H22N2O3/c1-29-19-6-4-5-18(13-19)26-23(17-11-9-16(15-27)10-12-17)24(28)21-14-25-22-8-3-2-7-20(21)22/h2-14,23,25-27H,15H2,1H3. The fraction of sp³-hybridized carbons (Fsp3) is 0.125. The first-order chi connectivity index (χ1) is 14.2. The van der Waals surface area contributed by atoms with Crippen molar-refractivity contribution in [2.24, 2.45) is 0 Å². The number of aromatic nitrogens is 1. The zero-order valence-corrected chi connectivity index (χ0v) is 16.1. The van der Waals surface area contributed by atoms with E-state index in [1.807, 2.05) is 72.8 Å². The molecular weight excluding hydrogens is 364 g/mol. The summed E-state index contributed by atoms with van der Waals surface area (Å²) in [4.78, 5) is 16.7. The molecule has 0 saturated heterocycles. The van der Waals surface area contributed by atoms with Crippen LogP contribution in [0.15, 0.2) is 79.0 Å². The van der Waals surface area contributed by atoms with Crippen molar-refractivity contribution >= 4 is 22.4 Å². The number of carbonyl (C=O) groups is 1. The summed E-state index contributed by atoms with van der Waals surface area (Å²) in [7, 11) is 1.61. The van der Waals surface area contributed by atoms with Gasteiger partial charge in [0.15, 0.2) is 5.78 Å². The number of Topliss-reactive ketones (excluding diaryl/α,β-unsaturated/α-hetero) is 1. The third-order valence-corrected chi connectivity index (χ3v) is 4.99. The van der Waals surface area contributed by atoms with Gasteiger partial charge in [-0.25, -0.2) is 0 Å². The predicted molar refractivity (Wildman–Crippen MR) is 114 cm³/mol. The van der Waals surface area contributed by atoms with E-state index in [1.165, 1.54) is 0 Å². The summed E-state index contributed by atoms with van der Waals surface area (Å²) in [5.74, 6) is 0.672. The molecule has 5 heteroatoms. The highest BCUT2D eigenvalue weighted by Crippen LogP contribution is 2.29. The van der Waals surface area contributed by atoms with Crippen LogP contribution in [-0.4, -0.2) is 23.0 Å². The Bertz CT molecular complexity index is 1130. The second-order valence-electron chi connectivity index (χ2n) is 6.82. The minimum Gasteiger partial charge on any atom is -0.497 e. The van der Waals surface area contributed by atoms with Crippen molar-refractivity contribution in [2.45, 2.75) is 12.6 Å². The molecule has 3 aromatic carbocycles. The molecule has 1 aromatic heterocycles.